The van der Waals surface area contributed by atoms with E-state index in [9.17, 15) is 14.4 Å². The van der Waals surface area contributed by atoms with Crippen LogP contribution in [0.5, 0.6) is 0 Å². The van der Waals surface area contributed by atoms with Gasteiger partial charge in [0.05, 0.1) is 16.7 Å². The van der Waals surface area contributed by atoms with E-state index in [-0.39, 0.29) is 254 Å². The summed E-state index contributed by atoms with van der Waals surface area (Å²) in [5.41, 5.74) is -0.535. The largest absolute Gasteiger partial charge is 2.00 e. The number of hydrogen-bond donors (Lipinski definition) is 1. The molecule has 0 saturated carbocycles. The van der Waals surface area contributed by atoms with E-state index in [2.05, 4.69) is 76.9 Å². The third-order valence-corrected chi connectivity index (χ3v) is 4.48. The first-order valence-corrected chi connectivity index (χ1v) is 16.5. The second kappa shape index (κ2) is 83.4. The molecule has 0 amide bonds. The number of pyridine rings is 3. The van der Waals surface area contributed by atoms with Gasteiger partial charge in [-0.2, -0.15) is 18.6 Å². The van der Waals surface area contributed by atoms with Gasteiger partial charge in [0.15, 0.2) is 0 Å². The Morgan fingerprint density at radius 2 is 0.644 bits per heavy atom. The van der Waals surface area contributed by atoms with Gasteiger partial charge in [-0.1, -0.05) is 70.0 Å². The number of hydrogen-bond acceptors (Lipinski definition) is 6. The number of ether oxygens (including phenoxy) is 2. The van der Waals surface area contributed by atoms with Gasteiger partial charge in [-0.25, -0.2) is 0 Å². The molecule has 0 bridgehead atoms. The van der Waals surface area contributed by atoms with Crippen molar-refractivity contribution >= 4 is 0 Å². The summed E-state index contributed by atoms with van der Waals surface area (Å²) >= 11 is 0. The summed E-state index contributed by atoms with van der Waals surface area (Å²) in [5.74, 6) is 0. The van der Waals surface area contributed by atoms with Crippen molar-refractivity contribution in [2.24, 2.45) is 0 Å². The van der Waals surface area contributed by atoms with Crippen molar-refractivity contribution in [1.29, 1.82) is 0 Å². The molecular weight excluding hydrogens is 1470 g/mol. The Balaban J connectivity index is -0.0000000567. The minimum absolute atomic E-state index is 0. The molecule has 9 nitrogen and oxygen atoms in total. The molecule has 302 valence electrons. The van der Waals surface area contributed by atoms with Crippen LogP contribution in [0.1, 0.15) is 40.0 Å². The summed E-state index contributed by atoms with van der Waals surface area (Å²) in [6.07, 6.45) is 8.18. The summed E-state index contributed by atoms with van der Waals surface area (Å²) in [7, 11) is 5.96. The van der Waals surface area contributed by atoms with Crippen molar-refractivity contribution in [2.45, 2.75) is 40.0 Å². The van der Waals surface area contributed by atoms with E-state index in [1.165, 1.54) is 49.6 Å². The summed E-state index contributed by atoms with van der Waals surface area (Å²) < 4.78 is 8.94. The SMILES string of the molecule is CCCC.CCCOC.CO.COC.O=c1cccc[n-]1.O=c1cccc[n-]1.O=c1cccc[n-]1.[Rb+].[Rb+].[Rb+].[W+2].[W+2].[W+2].[c-]1cc[c-]cc1.[c-]1cc[c-]cc1.[c-]1cc[c-]cc1. The summed E-state index contributed by atoms with van der Waals surface area (Å²) in [6, 6.07) is 53.4. The van der Waals surface area contributed by atoms with Crippen LogP contribution in [-0.2, 0) is 72.7 Å². The van der Waals surface area contributed by atoms with Gasteiger partial charge in [0.1, 0.15) is 0 Å². The monoisotopic (exact) mass is 1530 g/mol. The third kappa shape index (κ3) is 91.3. The number of nitrogens with zero attached hydrogens (tertiary/aromatic N) is 3. The van der Waals surface area contributed by atoms with Gasteiger partial charge in [0.25, 0.3) is 0 Å². The molecule has 6 rings (SSSR count). The van der Waals surface area contributed by atoms with Crippen LogP contribution in [0.2, 0.25) is 0 Å². The van der Waals surface area contributed by atoms with Crippen LogP contribution >= 0.6 is 0 Å². The number of unbranched alkanes of at least 4 members (excludes halogenated alkanes) is 1. The molecule has 3 heterocycles. The Bertz CT molecular complexity index is 1290. The standard InChI is InChI=1S/3C6H4.3C5H5NO.C4H10O.C4H10.C2H6O.CH4O.3Rb.3W/c3*1-2-4-6-5-3-1;3*7-5-3-1-2-4-6-5;1-3-4-5-2;1-3-4-2;1-3-2;1-2;;;;;;/h3*1-2,5-6H;3*1-4H,(H,6,7);3-4H2,1-2H3;3-4H2,1-2H3;1-2H3;2H,1H3;;;;;;/q3*-2;;;;;;;;3*+1;3*+2/p-3. The molecule has 0 atom stereocenters. The van der Waals surface area contributed by atoms with Crippen LogP contribution in [0.25, 0.3) is 0 Å². The van der Waals surface area contributed by atoms with Gasteiger partial charge in [0.2, 0.25) is 0 Å². The van der Waals surface area contributed by atoms with Gasteiger partial charge >= 0.3 is 238 Å². The molecule has 0 saturated heterocycles. The molecule has 3 aromatic heterocycles. The van der Waals surface area contributed by atoms with Crippen LogP contribution in [0, 0.1) is 36.4 Å². The molecule has 59 heavy (non-hydrogen) atoms. The third-order valence-electron chi connectivity index (χ3n) is 4.48. The van der Waals surface area contributed by atoms with E-state index in [1.807, 2.05) is 72.8 Å². The number of methoxy groups -OCH3 is 2. The summed E-state index contributed by atoms with van der Waals surface area (Å²) in [5, 5.41) is 7.00. The van der Waals surface area contributed by atoms with Crippen LogP contribution in [-0.4, -0.2) is 40.2 Å². The van der Waals surface area contributed by atoms with Gasteiger partial charge in [-0.05, 0) is 24.6 Å². The van der Waals surface area contributed by atoms with E-state index < -0.39 is 0 Å². The van der Waals surface area contributed by atoms with Crippen LogP contribution in [0.3, 0.4) is 0 Å². The minimum atomic E-state index is -0.178. The van der Waals surface area contributed by atoms with Crippen LogP contribution in [0.4, 0.5) is 0 Å². The molecule has 0 unspecified atom stereocenters. The minimum Gasteiger partial charge on any atom is -0.629 e. The van der Waals surface area contributed by atoms with Crippen molar-refractivity contribution < 1.29 is 252 Å². The first-order valence-electron chi connectivity index (χ1n) is 16.5. The average Bonchev–Trinajstić information content (AvgIpc) is 3.24. The van der Waals surface area contributed by atoms with Crippen molar-refractivity contribution in [3.63, 3.8) is 0 Å². The van der Waals surface area contributed by atoms with Crippen molar-refractivity contribution in [3.05, 3.63) is 213 Å². The molecular formula is C44H54N3O6Rb3W3. The molecule has 3 aromatic carbocycles. The predicted octanol–water partition coefficient (Wildman–Crippen LogP) is -2.40. The number of rotatable bonds is 3. The Morgan fingerprint density at radius 1 is 0.441 bits per heavy atom. The number of aliphatic hydroxyl groups excluding tert-OH is 1. The normalized spacial score (nSPS) is 7.12. The Labute approximate surface area is 544 Å². The predicted molar refractivity (Wildman–Crippen MR) is 214 cm³/mol. The quantitative estimate of drug-likeness (QED) is 0.193. The molecule has 0 radical (unpaired) electrons. The maximum Gasteiger partial charge on any atom is 2.00 e. The Morgan fingerprint density at radius 3 is 0.695 bits per heavy atom. The fourth-order valence-corrected chi connectivity index (χ4v) is 2.16. The molecule has 15 heteroatoms. The first-order chi connectivity index (χ1) is 25.9. The van der Waals surface area contributed by atoms with E-state index in [0.29, 0.717) is 0 Å². The van der Waals surface area contributed by atoms with Crippen molar-refractivity contribution in [1.82, 2.24) is 15.0 Å². The molecule has 0 spiro atoms. The van der Waals surface area contributed by atoms with Crippen molar-refractivity contribution in [2.75, 3.05) is 35.0 Å². The molecule has 1 N–H and O–H groups in total. The Hall–Kier alpha value is 1.87. The zero-order valence-electron chi connectivity index (χ0n) is 36.2. The number of aliphatic hydroxyl groups is 1. The summed E-state index contributed by atoms with van der Waals surface area (Å²) in [6.45, 7) is 7.34. The fraction of sp³-hybridized carbons (Fsp3) is 0.250. The second-order valence-electron chi connectivity index (χ2n) is 8.90. The molecule has 0 aliphatic carbocycles. The van der Waals surface area contributed by atoms with E-state index in [0.717, 1.165) is 20.1 Å². The van der Waals surface area contributed by atoms with E-state index in [1.54, 1.807) is 57.7 Å². The Kier molecular flexibility index (Phi) is 119. The average molecular weight is 1530 g/mol. The van der Waals surface area contributed by atoms with Crippen molar-refractivity contribution in [3.8, 4) is 0 Å². The topological polar surface area (TPSA) is 132 Å². The maximum absolute atomic E-state index is 10.2. The first kappa shape index (κ1) is 84.3. The van der Waals surface area contributed by atoms with Crippen LogP contribution < -0.4 is 206 Å². The van der Waals surface area contributed by atoms with Gasteiger partial charge < -0.3 is 80.3 Å². The van der Waals surface area contributed by atoms with Gasteiger partial charge in [-0.15, -0.1) is 0 Å². The maximum atomic E-state index is 10.2. The molecule has 6 aromatic rings. The smallest absolute Gasteiger partial charge is 0.629 e. The van der Waals surface area contributed by atoms with Gasteiger partial charge in [0, 0.05) is 35.0 Å². The molecule has 0 fully saturated rings. The molecule has 0 aliphatic heterocycles. The zero-order valence-corrected chi connectivity index (χ0v) is 59.8. The van der Waals surface area contributed by atoms with Crippen LogP contribution in [0.15, 0.2) is 160 Å². The van der Waals surface area contributed by atoms with E-state index in [4.69, 9.17) is 9.84 Å². The molecule has 0 aliphatic rings. The second-order valence-corrected chi connectivity index (χ2v) is 8.90. The van der Waals surface area contributed by atoms with E-state index >= 15 is 0 Å². The fourth-order valence-electron chi connectivity index (χ4n) is 2.16. The zero-order chi connectivity index (χ0) is 40.3. The number of benzene rings is 3. The number of aromatic nitrogens is 3. The summed E-state index contributed by atoms with van der Waals surface area (Å²) in [4.78, 5) is 40.7. The van der Waals surface area contributed by atoms with Gasteiger partial charge in [-0.3, -0.25) is 72.8 Å².